The topological polar surface area (TPSA) is 9.23 Å². The molecule has 0 saturated carbocycles. The summed E-state index contributed by atoms with van der Waals surface area (Å²) >= 11 is 0. The number of aryl methyl sites for hydroxylation is 1. The molecule has 4 rings (SSSR count). The van der Waals surface area contributed by atoms with Crippen molar-refractivity contribution in [3.05, 3.63) is 107 Å². The van der Waals surface area contributed by atoms with Gasteiger partial charge in [-0.2, -0.15) is 0 Å². The zero-order valence-electron chi connectivity index (χ0n) is 13.8. The van der Waals surface area contributed by atoms with E-state index in [-0.39, 0.29) is 5.92 Å². The number of hydrogen-bond donors (Lipinski definition) is 0. The third-order valence-corrected chi connectivity index (χ3v) is 4.53. The van der Waals surface area contributed by atoms with Crippen molar-refractivity contribution in [2.24, 2.45) is 0 Å². The Morgan fingerprint density at radius 1 is 0.833 bits per heavy atom. The van der Waals surface area contributed by atoms with Crippen molar-refractivity contribution in [3.8, 4) is 5.75 Å². The molecule has 1 nitrogen and oxygen atoms in total. The molecule has 1 atom stereocenters. The molecule has 0 aliphatic carbocycles. The quantitative estimate of drug-likeness (QED) is 0.598. The van der Waals surface area contributed by atoms with Gasteiger partial charge in [0.05, 0.1) is 0 Å². The molecule has 1 aliphatic heterocycles. The highest BCUT2D eigenvalue weighted by Crippen LogP contribution is 2.43. The van der Waals surface area contributed by atoms with Crippen LogP contribution in [0.25, 0.3) is 6.08 Å². The Kier molecular flexibility index (Phi) is 3.92. The first-order valence-corrected chi connectivity index (χ1v) is 8.38. The largest absolute Gasteiger partial charge is 0.461 e. The van der Waals surface area contributed by atoms with Crippen LogP contribution in [0.2, 0.25) is 0 Å². The fourth-order valence-corrected chi connectivity index (χ4v) is 3.23. The van der Waals surface area contributed by atoms with Crippen molar-refractivity contribution in [3.63, 3.8) is 0 Å². The maximum absolute atomic E-state index is 6.19. The van der Waals surface area contributed by atoms with Crippen LogP contribution in [0.3, 0.4) is 0 Å². The summed E-state index contributed by atoms with van der Waals surface area (Å²) in [5.41, 5.74) is 5.06. The molecule has 1 heterocycles. The first-order valence-electron chi connectivity index (χ1n) is 8.38. The van der Waals surface area contributed by atoms with Crippen molar-refractivity contribution in [1.29, 1.82) is 0 Å². The Labute approximate surface area is 143 Å². The predicted molar refractivity (Wildman–Crippen MR) is 99.1 cm³/mol. The number of para-hydroxylation sites is 1. The van der Waals surface area contributed by atoms with Gasteiger partial charge in [-0.25, -0.2) is 0 Å². The van der Waals surface area contributed by atoms with Crippen LogP contribution in [-0.2, 0) is 6.42 Å². The molecule has 0 aromatic heterocycles. The van der Waals surface area contributed by atoms with Gasteiger partial charge in [-0.15, -0.1) is 0 Å². The summed E-state index contributed by atoms with van der Waals surface area (Å²) in [4.78, 5) is 0. The van der Waals surface area contributed by atoms with Crippen LogP contribution in [0.4, 0.5) is 0 Å². The van der Waals surface area contributed by atoms with E-state index >= 15 is 0 Å². The Hall–Kier alpha value is -2.80. The van der Waals surface area contributed by atoms with E-state index in [1.165, 1.54) is 22.3 Å². The number of hydrogen-bond acceptors (Lipinski definition) is 1. The third-order valence-electron chi connectivity index (χ3n) is 4.53. The summed E-state index contributed by atoms with van der Waals surface area (Å²) in [6.07, 6.45) is 3.13. The summed E-state index contributed by atoms with van der Waals surface area (Å²) in [6.45, 7) is 2.11. The van der Waals surface area contributed by atoms with Gasteiger partial charge in [-0.05, 0) is 36.6 Å². The van der Waals surface area contributed by atoms with E-state index in [9.17, 15) is 0 Å². The normalized spacial score (nSPS) is 17.5. The third kappa shape index (κ3) is 2.98. The van der Waals surface area contributed by atoms with Gasteiger partial charge in [-0.1, -0.05) is 78.4 Å². The van der Waals surface area contributed by atoms with Crippen molar-refractivity contribution >= 4 is 6.08 Å². The second kappa shape index (κ2) is 6.37. The summed E-state index contributed by atoms with van der Waals surface area (Å²) in [6, 6.07) is 27.6. The SMILES string of the molecule is Cc1ccc(C=C2Oc3ccccc3C2Cc2ccccc2)cc1. The van der Waals surface area contributed by atoms with E-state index in [1.54, 1.807) is 0 Å². The summed E-state index contributed by atoms with van der Waals surface area (Å²) < 4.78 is 6.19. The molecule has 0 amide bonds. The van der Waals surface area contributed by atoms with Crippen LogP contribution < -0.4 is 4.74 Å². The highest BCUT2D eigenvalue weighted by molar-refractivity contribution is 5.59. The maximum Gasteiger partial charge on any atom is 0.130 e. The molecule has 118 valence electrons. The number of fused-ring (bicyclic) bond motifs is 1. The van der Waals surface area contributed by atoms with E-state index in [0.29, 0.717) is 0 Å². The zero-order chi connectivity index (χ0) is 16.4. The molecule has 1 heteroatoms. The fourth-order valence-electron chi connectivity index (χ4n) is 3.23. The van der Waals surface area contributed by atoms with Crippen LogP contribution in [0.5, 0.6) is 5.75 Å². The molecule has 3 aromatic carbocycles. The van der Waals surface area contributed by atoms with E-state index in [0.717, 1.165) is 17.9 Å². The molecule has 1 aliphatic rings. The average molecular weight is 312 g/mol. The lowest BCUT2D eigenvalue weighted by Crippen LogP contribution is -2.03. The summed E-state index contributed by atoms with van der Waals surface area (Å²) in [5, 5.41) is 0. The first-order chi connectivity index (χ1) is 11.8. The number of benzene rings is 3. The van der Waals surface area contributed by atoms with E-state index < -0.39 is 0 Å². The van der Waals surface area contributed by atoms with Crippen LogP contribution in [0, 0.1) is 6.92 Å². The van der Waals surface area contributed by atoms with Gasteiger partial charge in [0, 0.05) is 11.5 Å². The van der Waals surface area contributed by atoms with Crippen molar-refractivity contribution in [1.82, 2.24) is 0 Å². The smallest absolute Gasteiger partial charge is 0.130 e. The van der Waals surface area contributed by atoms with Crippen LogP contribution >= 0.6 is 0 Å². The molecule has 0 bridgehead atoms. The molecular weight excluding hydrogens is 292 g/mol. The van der Waals surface area contributed by atoms with Gasteiger partial charge in [-0.3, -0.25) is 0 Å². The monoisotopic (exact) mass is 312 g/mol. The molecule has 0 saturated heterocycles. The lowest BCUT2D eigenvalue weighted by Gasteiger charge is -2.12. The lowest BCUT2D eigenvalue weighted by molar-refractivity contribution is 0.431. The first kappa shape index (κ1) is 14.8. The summed E-state index contributed by atoms with van der Waals surface area (Å²) in [7, 11) is 0. The Bertz CT molecular complexity index is 860. The average Bonchev–Trinajstić information content (AvgIpc) is 2.95. The molecule has 1 unspecified atom stereocenters. The van der Waals surface area contributed by atoms with E-state index in [2.05, 4.69) is 85.8 Å². The molecule has 0 spiro atoms. The van der Waals surface area contributed by atoms with E-state index in [4.69, 9.17) is 4.74 Å². The zero-order valence-corrected chi connectivity index (χ0v) is 13.8. The number of allylic oxidation sites excluding steroid dienone is 1. The van der Waals surface area contributed by atoms with Gasteiger partial charge in [0.15, 0.2) is 0 Å². The molecule has 0 radical (unpaired) electrons. The fraction of sp³-hybridized carbons (Fsp3) is 0.130. The van der Waals surface area contributed by atoms with Crippen LogP contribution in [0.15, 0.2) is 84.6 Å². The van der Waals surface area contributed by atoms with Crippen LogP contribution in [-0.4, -0.2) is 0 Å². The molecule has 0 fully saturated rings. The Morgan fingerprint density at radius 3 is 2.33 bits per heavy atom. The lowest BCUT2D eigenvalue weighted by atomic mass is 9.91. The number of ether oxygens (including phenoxy) is 1. The minimum absolute atomic E-state index is 0.268. The van der Waals surface area contributed by atoms with Gasteiger partial charge < -0.3 is 4.74 Å². The Balaban J connectivity index is 1.71. The predicted octanol–water partition coefficient (Wildman–Crippen LogP) is 5.75. The second-order valence-electron chi connectivity index (χ2n) is 6.34. The maximum atomic E-state index is 6.19. The molecule has 3 aromatic rings. The van der Waals surface area contributed by atoms with Crippen molar-refractivity contribution in [2.45, 2.75) is 19.3 Å². The minimum atomic E-state index is 0.268. The number of rotatable bonds is 3. The van der Waals surface area contributed by atoms with Crippen molar-refractivity contribution in [2.75, 3.05) is 0 Å². The van der Waals surface area contributed by atoms with Gasteiger partial charge in [0.25, 0.3) is 0 Å². The highest BCUT2D eigenvalue weighted by Gasteiger charge is 2.29. The highest BCUT2D eigenvalue weighted by atomic mass is 16.5. The van der Waals surface area contributed by atoms with Crippen molar-refractivity contribution < 1.29 is 4.74 Å². The van der Waals surface area contributed by atoms with Crippen LogP contribution in [0.1, 0.15) is 28.2 Å². The Morgan fingerprint density at radius 2 is 1.54 bits per heavy atom. The standard InChI is InChI=1S/C23H20O/c1-17-11-13-19(14-12-17)16-23-21(15-18-7-3-2-4-8-18)20-9-5-6-10-22(20)24-23/h2-14,16,21H,15H2,1H3. The minimum Gasteiger partial charge on any atom is -0.461 e. The van der Waals surface area contributed by atoms with E-state index in [1.807, 2.05) is 6.07 Å². The van der Waals surface area contributed by atoms with Gasteiger partial charge in [0.2, 0.25) is 0 Å². The van der Waals surface area contributed by atoms with Gasteiger partial charge >= 0.3 is 0 Å². The van der Waals surface area contributed by atoms with Gasteiger partial charge in [0.1, 0.15) is 11.5 Å². The summed E-state index contributed by atoms with van der Waals surface area (Å²) in [5.74, 6) is 2.28. The second-order valence-corrected chi connectivity index (χ2v) is 6.34. The molecule has 24 heavy (non-hydrogen) atoms. The molecule has 0 N–H and O–H groups in total. The molecular formula is C23H20O.